The number of nitrogens with zero attached hydrogens (tertiary/aromatic N) is 5. The van der Waals surface area contributed by atoms with E-state index in [0.29, 0.717) is 34.8 Å². The topological polar surface area (TPSA) is 125 Å². The Hall–Kier alpha value is -4.21. The number of halogens is 1. The maximum Gasteiger partial charge on any atom is 0.224 e. The van der Waals surface area contributed by atoms with Crippen LogP contribution in [0.15, 0.2) is 43.0 Å². The molecule has 3 N–H and O–H groups in total. The summed E-state index contributed by atoms with van der Waals surface area (Å²) in [4.78, 5) is 32.3. The minimum atomic E-state index is -0.514. The van der Waals surface area contributed by atoms with Crippen LogP contribution < -0.4 is 5.32 Å². The van der Waals surface area contributed by atoms with Crippen LogP contribution in [-0.4, -0.2) is 41.0 Å². The van der Waals surface area contributed by atoms with E-state index in [1.165, 1.54) is 18.6 Å². The average Bonchev–Trinajstić information content (AvgIpc) is 3.38. The molecule has 0 spiro atoms. The normalized spacial score (nSPS) is 11.5. The fraction of sp³-hybridized carbons (Fsp3) is 0.182. The molecule has 0 atom stereocenters. The zero-order valence-electron chi connectivity index (χ0n) is 17.3. The summed E-state index contributed by atoms with van der Waals surface area (Å²) in [7, 11) is 0. The number of nitrogens with one attached hydrogen (secondary N) is 3. The molecular formula is C22H19FN8O. The van der Waals surface area contributed by atoms with Crippen molar-refractivity contribution in [3.05, 3.63) is 48.8 Å². The third-order valence-electron chi connectivity index (χ3n) is 4.94. The number of aromatic nitrogens is 7. The van der Waals surface area contributed by atoms with Gasteiger partial charge in [0, 0.05) is 36.1 Å². The molecule has 10 heteroatoms. The summed E-state index contributed by atoms with van der Waals surface area (Å²) in [6, 6.07) is 5.29. The largest absolute Gasteiger partial charge is 0.335 e. The summed E-state index contributed by atoms with van der Waals surface area (Å²) in [6.45, 7) is 3.93. The van der Waals surface area contributed by atoms with Gasteiger partial charge in [-0.2, -0.15) is 5.10 Å². The van der Waals surface area contributed by atoms with Gasteiger partial charge in [-0.05, 0) is 24.1 Å². The third kappa shape index (κ3) is 3.55. The van der Waals surface area contributed by atoms with E-state index in [9.17, 15) is 4.79 Å². The Bertz CT molecular complexity index is 1420. The molecule has 0 aromatic carbocycles. The van der Waals surface area contributed by atoms with Gasteiger partial charge in [0.05, 0.1) is 22.8 Å². The number of carbonyl (C=O) groups excluding carboxylic acids is 1. The van der Waals surface area contributed by atoms with Crippen LogP contribution in [0.1, 0.15) is 20.3 Å². The number of fused-ring (bicyclic) bond motifs is 2. The second-order valence-electron chi connectivity index (χ2n) is 7.85. The highest BCUT2D eigenvalue weighted by atomic mass is 19.1. The van der Waals surface area contributed by atoms with Gasteiger partial charge in [0.15, 0.2) is 17.1 Å². The molecule has 0 unspecified atom stereocenters. The van der Waals surface area contributed by atoms with E-state index in [1.54, 1.807) is 18.3 Å². The van der Waals surface area contributed by atoms with Crippen LogP contribution >= 0.6 is 0 Å². The molecule has 0 aliphatic rings. The fourth-order valence-corrected chi connectivity index (χ4v) is 3.53. The number of hydrogen-bond donors (Lipinski definition) is 3. The minimum Gasteiger partial charge on any atom is -0.335 e. The van der Waals surface area contributed by atoms with Crippen molar-refractivity contribution < 1.29 is 9.18 Å². The molecule has 1 amide bonds. The van der Waals surface area contributed by atoms with Crippen LogP contribution in [0.25, 0.3) is 44.8 Å². The highest BCUT2D eigenvalue weighted by Crippen LogP contribution is 2.33. The number of hydrogen-bond acceptors (Lipinski definition) is 6. The number of rotatable bonds is 5. The Morgan fingerprint density at radius 3 is 2.88 bits per heavy atom. The van der Waals surface area contributed by atoms with Crippen molar-refractivity contribution in [2.75, 3.05) is 5.32 Å². The molecule has 5 heterocycles. The molecule has 0 saturated heterocycles. The number of amides is 1. The summed E-state index contributed by atoms with van der Waals surface area (Å²) in [6.07, 6.45) is 6.47. The lowest BCUT2D eigenvalue weighted by Crippen LogP contribution is -2.14. The number of carbonyl (C=O) groups is 1. The first kappa shape index (κ1) is 19.7. The lowest BCUT2D eigenvalue weighted by molar-refractivity contribution is -0.116. The Kier molecular flexibility index (Phi) is 4.81. The smallest absolute Gasteiger partial charge is 0.224 e. The van der Waals surface area contributed by atoms with E-state index in [4.69, 9.17) is 0 Å². The summed E-state index contributed by atoms with van der Waals surface area (Å²) in [5.41, 5.74) is 3.05. The van der Waals surface area contributed by atoms with Crippen molar-refractivity contribution in [1.82, 2.24) is 35.1 Å². The fourth-order valence-electron chi connectivity index (χ4n) is 3.53. The van der Waals surface area contributed by atoms with Crippen LogP contribution in [0, 0.1) is 11.7 Å². The molecule has 0 bridgehead atoms. The van der Waals surface area contributed by atoms with Gasteiger partial charge in [0.25, 0.3) is 0 Å². The lowest BCUT2D eigenvalue weighted by atomic mass is 10.1. The van der Waals surface area contributed by atoms with E-state index < -0.39 is 5.82 Å². The summed E-state index contributed by atoms with van der Waals surface area (Å²) >= 11 is 0. The van der Waals surface area contributed by atoms with Crippen LogP contribution in [-0.2, 0) is 4.79 Å². The SMILES string of the molecule is CC(C)CC(=O)Nc1cncc(-c2cnc3n[nH]c(-c4nc5ncccc5[nH]4)c3c2F)c1. The average molecular weight is 430 g/mol. The second-order valence-corrected chi connectivity index (χ2v) is 7.85. The number of H-pyrrole nitrogens is 2. The lowest BCUT2D eigenvalue weighted by Gasteiger charge is -2.09. The molecule has 5 aromatic heterocycles. The molecular weight excluding hydrogens is 411 g/mol. The summed E-state index contributed by atoms with van der Waals surface area (Å²) < 4.78 is 15.7. The highest BCUT2D eigenvalue weighted by molar-refractivity contribution is 5.95. The summed E-state index contributed by atoms with van der Waals surface area (Å²) in [5, 5.41) is 9.94. The zero-order valence-corrected chi connectivity index (χ0v) is 17.3. The van der Waals surface area contributed by atoms with Crippen LogP contribution in [0.5, 0.6) is 0 Å². The Labute approximate surface area is 181 Å². The number of anilines is 1. The van der Waals surface area contributed by atoms with Gasteiger partial charge in [-0.3, -0.25) is 14.9 Å². The third-order valence-corrected chi connectivity index (χ3v) is 4.94. The van der Waals surface area contributed by atoms with E-state index in [0.717, 1.165) is 5.52 Å². The van der Waals surface area contributed by atoms with Gasteiger partial charge in [-0.25, -0.2) is 19.3 Å². The van der Waals surface area contributed by atoms with Crippen molar-refractivity contribution in [3.8, 4) is 22.6 Å². The standard InChI is InChI=1S/C22H19FN8O/c1-11(2)6-16(32)27-13-7-12(8-24-9-13)14-10-26-21-17(18(14)23)19(30-31-21)22-28-15-4-3-5-25-20(15)29-22/h3-5,7-11H,6H2,1-2H3,(H,27,32)(H,25,28,29)(H,26,30,31). The minimum absolute atomic E-state index is 0.122. The summed E-state index contributed by atoms with van der Waals surface area (Å²) in [5.74, 6) is -0.00161. The maximum atomic E-state index is 15.7. The first-order valence-corrected chi connectivity index (χ1v) is 10.1. The van der Waals surface area contributed by atoms with Crippen molar-refractivity contribution in [2.45, 2.75) is 20.3 Å². The molecule has 5 aromatic rings. The Balaban J connectivity index is 1.56. The second kappa shape index (κ2) is 7.80. The Morgan fingerprint density at radius 2 is 2.06 bits per heavy atom. The van der Waals surface area contributed by atoms with Gasteiger partial charge in [0.1, 0.15) is 11.5 Å². The molecule has 0 aliphatic carbocycles. The van der Waals surface area contributed by atoms with E-state index >= 15 is 4.39 Å². The van der Waals surface area contributed by atoms with E-state index in [2.05, 4.69) is 40.4 Å². The first-order valence-electron chi connectivity index (χ1n) is 10.1. The molecule has 32 heavy (non-hydrogen) atoms. The van der Waals surface area contributed by atoms with Gasteiger partial charge in [-0.15, -0.1) is 0 Å². The van der Waals surface area contributed by atoms with E-state index in [-0.39, 0.29) is 28.4 Å². The number of imidazole rings is 1. The van der Waals surface area contributed by atoms with Gasteiger partial charge in [-0.1, -0.05) is 13.8 Å². The van der Waals surface area contributed by atoms with Crippen LogP contribution in [0.4, 0.5) is 10.1 Å². The predicted octanol–water partition coefficient (Wildman–Crippen LogP) is 4.08. The highest BCUT2D eigenvalue weighted by Gasteiger charge is 2.20. The van der Waals surface area contributed by atoms with Crippen molar-refractivity contribution >= 4 is 33.8 Å². The molecule has 9 nitrogen and oxygen atoms in total. The molecule has 0 aliphatic heterocycles. The molecule has 0 saturated carbocycles. The maximum absolute atomic E-state index is 15.7. The van der Waals surface area contributed by atoms with Gasteiger partial charge < -0.3 is 10.3 Å². The molecule has 5 rings (SSSR count). The molecule has 0 fully saturated rings. The van der Waals surface area contributed by atoms with Gasteiger partial charge >= 0.3 is 0 Å². The molecule has 0 radical (unpaired) electrons. The monoisotopic (exact) mass is 430 g/mol. The van der Waals surface area contributed by atoms with Crippen LogP contribution in [0.2, 0.25) is 0 Å². The van der Waals surface area contributed by atoms with Crippen molar-refractivity contribution in [1.29, 1.82) is 0 Å². The van der Waals surface area contributed by atoms with Gasteiger partial charge in [0.2, 0.25) is 5.91 Å². The predicted molar refractivity (Wildman–Crippen MR) is 118 cm³/mol. The zero-order chi connectivity index (χ0) is 22.2. The quantitative estimate of drug-likeness (QED) is 0.386. The van der Waals surface area contributed by atoms with E-state index in [1.807, 2.05) is 19.9 Å². The van der Waals surface area contributed by atoms with Crippen LogP contribution in [0.3, 0.4) is 0 Å². The number of aromatic amines is 2. The first-order chi connectivity index (χ1) is 15.5. The Morgan fingerprint density at radius 1 is 1.19 bits per heavy atom. The number of pyridine rings is 3. The van der Waals surface area contributed by atoms with Crippen molar-refractivity contribution in [2.24, 2.45) is 5.92 Å². The van der Waals surface area contributed by atoms with Crippen molar-refractivity contribution in [3.63, 3.8) is 0 Å². The molecule has 160 valence electrons.